The minimum atomic E-state index is -3.99. The lowest BCUT2D eigenvalue weighted by Crippen LogP contribution is -2.24. The van der Waals surface area contributed by atoms with Crippen LogP contribution in [0.4, 0.5) is 0 Å². The molecule has 0 unspecified atom stereocenters. The molecule has 0 bridgehead atoms. The first-order valence-electron chi connectivity index (χ1n) is 7.65. The van der Waals surface area contributed by atoms with Crippen LogP contribution in [0.2, 0.25) is 0 Å². The number of hydrogen-bond donors (Lipinski definition) is 1. The fraction of sp³-hybridized carbons (Fsp3) is 0.118. The third kappa shape index (κ3) is 4.01. The Hall–Kier alpha value is -2.49. The van der Waals surface area contributed by atoms with Crippen molar-refractivity contribution in [1.82, 2.24) is 14.5 Å². The number of benzene rings is 2. The van der Waals surface area contributed by atoms with Crippen molar-refractivity contribution in [2.75, 3.05) is 6.26 Å². The molecule has 1 N–H and O–H groups in total. The minimum absolute atomic E-state index is 0.00668. The van der Waals surface area contributed by atoms with E-state index in [-0.39, 0.29) is 16.3 Å². The first kappa shape index (κ1) is 18.3. The summed E-state index contributed by atoms with van der Waals surface area (Å²) in [7, 11) is -7.66. The van der Waals surface area contributed by atoms with E-state index in [1.807, 2.05) is 30.3 Å². The maximum absolute atomic E-state index is 12.5. The molecule has 0 saturated heterocycles. The van der Waals surface area contributed by atoms with Gasteiger partial charge in [0.2, 0.25) is 10.0 Å². The molecule has 0 spiro atoms. The van der Waals surface area contributed by atoms with Gasteiger partial charge in [-0.05, 0) is 24.3 Å². The summed E-state index contributed by atoms with van der Waals surface area (Å²) in [6.07, 6.45) is 4.24. The quantitative estimate of drug-likeness (QED) is 0.690. The second-order valence-electron chi connectivity index (χ2n) is 5.67. The van der Waals surface area contributed by atoms with Crippen molar-refractivity contribution in [1.29, 1.82) is 0 Å². The summed E-state index contributed by atoms with van der Waals surface area (Å²) in [5, 5.41) is 4.20. The molecule has 7 nitrogen and oxygen atoms in total. The van der Waals surface area contributed by atoms with Crippen molar-refractivity contribution in [3.63, 3.8) is 0 Å². The van der Waals surface area contributed by atoms with Crippen LogP contribution in [0.3, 0.4) is 0 Å². The summed E-state index contributed by atoms with van der Waals surface area (Å²) >= 11 is 0. The SMILES string of the molecule is CS(=O)(=O)c1ccccc1S(=O)(=O)NCc1cnn(-c2ccccc2)c1. The highest BCUT2D eigenvalue weighted by Crippen LogP contribution is 2.20. The van der Waals surface area contributed by atoms with Gasteiger partial charge in [-0.25, -0.2) is 26.2 Å². The number of para-hydroxylation sites is 1. The van der Waals surface area contributed by atoms with Gasteiger partial charge >= 0.3 is 0 Å². The molecule has 0 aliphatic heterocycles. The summed E-state index contributed by atoms with van der Waals surface area (Å²) in [5.41, 5.74) is 1.50. The van der Waals surface area contributed by atoms with E-state index in [1.54, 1.807) is 17.1 Å². The molecule has 26 heavy (non-hydrogen) atoms. The number of sulfonamides is 1. The van der Waals surface area contributed by atoms with E-state index < -0.39 is 19.9 Å². The predicted molar refractivity (Wildman–Crippen MR) is 97.1 cm³/mol. The van der Waals surface area contributed by atoms with Crippen LogP contribution in [-0.4, -0.2) is 32.9 Å². The zero-order chi connectivity index (χ0) is 18.8. The normalized spacial score (nSPS) is 12.2. The summed E-state index contributed by atoms with van der Waals surface area (Å²) in [5.74, 6) is 0. The van der Waals surface area contributed by atoms with Crippen LogP contribution >= 0.6 is 0 Å². The first-order valence-corrected chi connectivity index (χ1v) is 11.0. The van der Waals surface area contributed by atoms with Crippen molar-refractivity contribution in [3.05, 3.63) is 72.6 Å². The second kappa shape index (κ2) is 7.02. The van der Waals surface area contributed by atoms with Crippen molar-refractivity contribution in [2.24, 2.45) is 0 Å². The van der Waals surface area contributed by atoms with E-state index in [4.69, 9.17) is 0 Å². The fourth-order valence-electron chi connectivity index (χ4n) is 2.41. The molecule has 1 heterocycles. The van der Waals surface area contributed by atoms with Gasteiger partial charge in [0.15, 0.2) is 9.84 Å². The van der Waals surface area contributed by atoms with Crippen LogP contribution in [0, 0.1) is 0 Å². The van der Waals surface area contributed by atoms with Crippen LogP contribution in [0.25, 0.3) is 5.69 Å². The molecule has 2 aromatic carbocycles. The second-order valence-corrected chi connectivity index (χ2v) is 9.39. The molecule has 0 radical (unpaired) electrons. The van der Waals surface area contributed by atoms with E-state index in [2.05, 4.69) is 9.82 Å². The Morgan fingerprint density at radius 2 is 1.54 bits per heavy atom. The van der Waals surface area contributed by atoms with Crippen LogP contribution in [-0.2, 0) is 26.4 Å². The van der Waals surface area contributed by atoms with E-state index in [9.17, 15) is 16.8 Å². The van der Waals surface area contributed by atoms with E-state index in [0.717, 1.165) is 11.9 Å². The van der Waals surface area contributed by atoms with Gasteiger partial charge in [-0.3, -0.25) is 0 Å². The van der Waals surface area contributed by atoms with Crippen molar-refractivity contribution >= 4 is 19.9 Å². The van der Waals surface area contributed by atoms with Crippen LogP contribution in [0.15, 0.2) is 76.8 Å². The molecule has 3 aromatic rings. The standard InChI is InChI=1S/C17H17N3O4S2/c1-25(21,22)16-9-5-6-10-17(16)26(23,24)19-12-14-11-18-20(13-14)15-7-3-2-4-8-15/h2-11,13,19H,12H2,1H3. The summed E-state index contributed by atoms with van der Waals surface area (Å²) in [4.78, 5) is -0.495. The zero-order valence-corrected chi connectivity index (χ0v) is 15.5. The molecule has 0 aliphatic rings. The highest BCUT2D eigenvalue weighted by Gasteiger charge is 2.23. The Balaban J connectivity index is 1.81. The largest absolute Gasteiger partial charge is 0.242 e. The van der Waals surface area contributed by atoms with Gasteiger partial charge < -0.3 is 0 Å². The average molecular weight is 391 g/mol. The molecule has 0 saturated carbocycles. The molecule has 1 aromatic heterocycles. The van der Waals surface area contributed by atoms with Gasteiger partial charge in [-0.2, -0.15) is 5.10 Å². The third-order valence-electron chi connectivity index (χ3n) is 3.66. The molecule has 0 atom stereocenters. The van der Waals surface area contributed by atoms with Crippen molar-refractivity contribution in [2.45, 2.75) is 16.3 Å². The Labute approximate surface area is 152 Å². The molecule has 9 heteroatoms. The maximum atomic E-state index is 12.5. The van der Waals surface area contributed by atoms with E-state index in [0.29, 0.717) is 5.56 Å². The molecule has 0 aliphatic carbocycles. The van der Waals surface area contributed by atoms with Crippen LogP contribution < -0.4 is 4.72 Å². The molecular formula is C17H17N3O4S2. The number of nitrogens with zero attached hydrogens (tertiary/aromatic N) is 2. The number of hydrogen-bond acceptors (Lipinski definition) is 5. The molecular weight excluding hydrogens is 374 g/mol. The molecule has 136 valence electrons. The van der Waals surface area contributed by atoms with Gasteiger partial charge in [0.25, 0.3) is 0 Å². The number of rotatable bonds is 6. The van der Waals surface area contributed by atoms with Crippen molar-refractivity contribution in [3.8, 4) is 5.69 Å². The van der Waals surface area contributed by atoms with Gasteiger partial charge in [-0.1, -0.05) is 30.3 Å². The summed E-state index contributed by atoms with van der Waals surface area (Å²) in [6, 6.07) is 14.9. The number of sulfone groups is 1. The summed E-state index contributed by atoms with van der Waals surface area (Å²) < 4.78 is 52.8. The average Bonchev–Trinajstić information content (AvgIpc) is 3.09. The minimum Gasteiger partial charge on any atom is -0.241 e. The van der Waals surface area contributed by atoms with Crippen molar-refractivity contribution < 1.29 is 16.8 Å². The Morgan fingerprint density at radius 3 is 2.19 bits per heavy atom. The van der Waals surface area contributed by atoms with Crippen LogP contribution in [0.5, 0.6) is 0 Å². The zero-order valence-electron chi connectivity index (χ0n) is 13.9. The maximum Gasteiger partial charge on any atom is 0.242 e. The Bertz CT molecular complexity index is 1120. The highest BCUT2D eigenvalue weighted by molar-refractivity contribution is 7.93. The van der Waals surface area contributed by atoms with Gasteiger partial charge in [0.1, 0.15) is 4.90 Å². The van der Waals surface area contributed by atoms with Gasteiger partial charge in [-0.15, -0.1) is 0 Å². The predicted octanol–water partition coefficient (Wildman–Crippen LogP) is 1.75. The smallest absolute Gasteiger partial charge is 0.241 e. The lowest BCUT2D eigenvalue weighted by Gasteiger charge is -2.09. The lowest BCUT2D eigenvalue weighted by atomic mass is 10.3. The topological polar surface area (TPSA) is 98.1 Å². The first-order chi connectivity index (χ1) is 12.3. The molecule has 3 rings (SSSR count). The molecule has 0 fully saturated rings. The Kier molecular flexibility index (Phi) is 4.94. The van der Waals surface area contributed by atoms with Gasteiger partial charge in [0.05, 0.1) is 16.8 Å². The fourth-order valence-corrected chi connectivity index (χ4v) is 5.05. The lowest BCUT2D eigenvalue weighted by molar-refractivity contribution is 0.574. The van der Waals surface area contributed by atoms with E-state index in [1.165, 1.54) is 24.3 Å². The summed E-state index contributed by atoms with van der Waals surface area (Å²) in [6.45, 7) is -0.00668. The molecule has 0 amide bonds. The van der Waals surface area contributed by atoms with Gasteiger partial charge in [0, 0.05) is 24.6 Å². The number of nitrogens with one attached hydrogen (secondary N) is 1. The monoisotopic (exact) mass is 391 g/mol. The highest BCUT2D eigenvalue weighted by atomic mass is 32.2. The number of aromatic nitrogens is 2. The van der Waals surface area contributed by atoms with Crippen LogP contribution in [0.1, 0.15) is 5.56 Å². The van der Waals surface area contributed by atoms with E-state index >= 15 is 0 Å². The Morgan fingerprint density at radius 1 is 0.923 bits per heavy atom. The third-order valence-corrected chi connectivity index (χ3v) is 6.40.